The van der Waals surface area contributed by atoms with Crippen molar-refractivity contribution >= 4 is 0 Å². The molecular weight excluding hydrogens is 172 g/mol. The van der Waals surface area contributed by atoms with Crippen LogP contribution in [-0.2, 0) is 0 Å². The van der Waals surface area contributed by atoms with Crippen molar-refractivity contribution in [2.45, 2.75) is 63.6 Å². The van der Waals surface area contributed by atoms with Crippen LogP contribution in [-0.4, -0.2) is 36.6 Å². The monoisotopic (exact) mass is 196 g/mol. The lowest BCUT2D eigenvalue weighted by molar-refractivity contribution is 0.143. The third kappa shape index (κ3) is 2.29. The van der Waals surface area contributed by atoms with Gasteiger partial charge in [-0.3, -0.25) is 4.90 Å². The van der Waals surface area contributed by atoms with E-state index in [1.54, 1.807) is 0 Å². The Morgan fingerprint density at radius 3 is 2.50 bits per heavy atom. The van der Waals surface area contributed by atoms with Crippen molar-refractivity contribution in [1.82, 2.24) is 10.2 Å². The van der Waals surface area contributed by atoms with Crippen molar-refractivity contribution in [2.24, 2.45) is 0 Å². The van der Waals surface area contributed by atoms with E-state index in [2.05, 4.69) is 24.2 Å². The Morgan fingerprint density at radius 1 is 1.14 bits per heavy atom. The van der Waals surface area contributed by atoms with Crippen LogP contribution in [0.25, 0.3) is 0 Å². The first kappa shape index (κ1) is 10.4. The Kier molecular flexibility index (Phi) is 3.45. The predicted octanol–water partition coefficient (Wildman–Crippen LogP) is 2.00. The molecular formula is C12H24N2. The van der Waals surface area contributed by atoms with Gasteiger partial charge in [-0.1, -0.05) is 19.8 Å². The quantitative estimate of drug-likeness (QED) is 0.740. The van der Waals surface area contributed by atoms with Crippen molar-refractivity contribution < 1.29 is 0 Å². The lowest BCUT2D eigenvalue weighted by atomic mass is 9.89. The van der Waals surface area contributed by atoms with Gasteiger partial charge in [0.25, 0.3) is 0 Å². The van der Waals surface area contributed by atoms with Gasteiger partial charge in [-0.15, -0.1) is 0 Å². The van der Waals surface area contributed by atoms with E-state index in [-0.39, 0.29) is 0 Å². The van der Waals surface area contributed by atoms with Crippen LogP contribution in [0.1, 0.15) is 45.4 Å². The standard InChI is InChI=1S/C12H24N2/c1-3-13-11-6-4-5-7-12(11)14(2)10-8-9-10/h10-13H,3-9H2,1-2H3. The molecule has 0 aromatic heterocycles. The lowest BCUT2D eigenvalue weighted by Crippen LogP contribution is -2.51. The summed E-state index contributed by atoms with van der Waals surface area (Å²) in [6.45, 7) is 3.35. The van der Waals surface area contributed by atoms with E-state index >= 15 is 0 Å². The lowest BCUT2D eigenvalue weighted by Gasteiger charge is -2.38. The largest absolute Gasteiger partial charge is 0.313 e. The first-order valence-corrected chi connectivity index (χ1v) is 6.28. The molecule has 0 radical (unpaired) electrons. The molecule has 0 bridgehead atoms. The maximum Gasteiger partial charge on any atom is 0.0249 e. The van der Waals surface area contributed by atoms with Gasteiger partial charge in [-0.2, -0.15) is 0 Å². The molecule has 2 atom stereocenters. The Hall–Kier alpha value is -0.0800. The van der Waals surface area contributed by atoms with Crippen LogP contribution in [0.4, 0.5) is 0 Å². The van der Waals surface area contributed by atoms with Crippen molar-refractivity contribution in [3.63, 3.8) is 0 Å². The highest BCUT2D eigenvalue weighted by atomic mass is 15.2. The van der Waals surface area contributed by atoms with Gasteiger partial charge in [-0.05, 0) is 39.3 Å². The first-order valence-electron chi connectivity index (χ1n) is 6.28. The Balaban J connectivity index is 1.90. The van der Waals surface area contributed by atoms with E-state index in [1.165, 1.54) is 38.5 Å². The molecule has 82 valence electrons. The van der Waals surface area contributed by atoms with Gasteiger partial charge in [0.05, 0.1) is 0 Å². The van der Waals surface area contributed by atoms with Gasteiger partial charge in [0.2, 0.25) is 0 Å². The summed E-state index contributed by atoms with van der Waals surface area (Å²) in [5, 5.41) is 3.66. The number of hydrogen-bond donors (Lipinski definition) is 1. The Bertz CT molecular complexity index is 175. The predicted molar refractivity (Wildman–Crippen MR) is 60.5 cm³/mol. The average Bonchev–Trinajstić information content (AvgIpc) is 3.01. The zero-order chi connectivity index (χ0) is 9.97. The minimum absolute atomic E-state index is 0.763. The van der Waals surface area contributed by atoms with Crippen LogP contribution in [0.15, 0.2) is 0 Å². The highest BCUT2D eigenvalue weighted by Gasteiger charge is 2.35. The molecule has 0 saturated heterocycles. The van der Waals surface area contributed by atoms with Crippen LogP contribution in [0.3, 0.4) is 0 Å². The first-order chi connectivity index (χ1) is 6.83. The summed E-state index contributed by atoms with van der Waals surface area (Å²) >= 11 is 0. The molecule has 2 aliphatic carbocycles. The molecule has 2 saturated carbocycles. The number of likely N-dealkylation sites (N-methyl/N-ethyl adjacent to an activating group) is 2. The van der Waals surface area contributed by atoms with Gasteiger partial charge in [-0.25, -0.2) is 0 Å². The molecule has 0 heterocycles. The molecule has 0 aromatic carbocycles. The number of nitrogens with zero attached hydrogens (tertiary/aromatic N) is 1. The number of nitrogens with one attached hydrogen (secondary N) is 1. The van der Waals surface area contributed by atoms with Gasteiger partial charge in [0.15, 0.2) is 0 Å². The minimum atomic E-state index is 0.763. The molecule has 2 nitrogen and oxygen atoms in total. The fourth-order valence-corrected chi connectivity index (χ4v) is 2.85. The summed E-state index contributed by atoms with van der Waals surface area (Å²) < 4.78 is 0. The summed E-state index contributed by atoms with van der Waals surface area (Å²) in [7, 11) is 2.33. The highest BCUT2D eigenvalue weighted by molar-refractivity contribution is 4.93. The van der Waals surface area contributed by atoms with Crippen molar-refractivity contribution in [1.29, 1.82) is 0 Å². The van der Waals surface area contributed by atoms with Gasteiger partial charge in [0.1, 0.15) is 0 Å². The van der Waals surface area contributed by atoms with Crippen LogP contribution < -0.4 is 5.32 Å². The van der Waals surface area contributed by atoms with Crippen molar-refractivity contribution in [3.8, 4) is 0 Å². The maximum absolute atomic E-state index is 3.66. The SMILES string of the molecule is CCNC1CCCCC1N(C)C1CC1. The van der Waals surface area contributed by atoms with Crippen LogP contribution in [0, 0.1) is 0 Å². The second-order valence-electron chi connectivity index (χ2n) is 4.91. The third-order valence-corrected chi connectivity index (χ3v) is 3.84. The second kappa shape index (κ2) is 4.63. The van der Waals surface area contributed by atoms with E-state index < -0.39 is 0 Å². The summed E-state index contributed by atoms with van der Waals surface area (Å²) in [6.07, 6.45) is 8.52. The molecule has 1 N–H and O–H groups in total. The van der Waals surface area contributed by atoms with Gasteiger partial charge >= 0.3 is 0 Å². The zero-order valence-corrected chi connectivity index (χ0v) is 9.63. The molecule has 2 aliphatic rings. The van der Waals surface area contributed by atoms with E-state index in [9.17, 15) is 0 Å². The smallest absolute Gasteiger partial charge is 0.0249 e. The average molecular weight is 196 g/mol. The topological polar surface area (TPSA) is 15.3 Å². The zero-order valence-electron chi connectivity index (χ0n) is 9.63. The van der Waals surface area contributed by atoms with Gasteiger partial charge < -0.3 is 5.32 Å². The minimum Gasteiger partial charge on any atom is -0.313 e. The van der Waals surface area contributed by atoms with Crippen LogP contribution >= 0.6 is 0 Å². The molecule has 14 heavy (non-hydrogen) atoms. The molecule has 2 rings (SSSR count). The van der Waals surface area contributed by atoms with Crippen LogP contribution in [0.5, 0.6) is 0 Å². The Labute approximate surface area is 88.1 Å². The molecule has 2 fully saturated rings. The summed E-state index contributed by atoms with van der Waals surface area (Å²) in [5.74, 6) is 0. The summed E-state index contributed by atoms with van der Waals surface area (Å²) in [6, 6.07) is 2.50. The van der Waals surface area contributed by atoms with Crippen LogP contribution in [0.2, 0.25) is 0 Å². The van der Waals surface area contributed by atoms with Crippen molar-refractivity contribution in [3.05, 3.63) is 0 Å². The number of hydrogen-bond acceptors (Lipinski definition) is 2. The molecule has 0 spiro atoms. The Morgan fingerprint density at radius 2 is 1.86 bits per heavy atom. The van der Waals surface area contributed by atoms with Gasteiger partial charge in [0, 0.05) is 18.1 Å². The molecule has 0 amide bonds. The molecule has 2 heteroatoms. The number of rotatable bonds is 4. The van der Waals surface area contributed by atoms with Crippen molar-refractivity contribution in [2.75, 3.05) is 13.6 Å². The fraction of sp³-hybridized carbons (Fsp3) is 1.00. The summed E-state index contributed by atoms with van der Waals surface area (Å²) in [5.41, 5.74) is 0. The highest BCUT2D eigenvalue weighted by Crippen LogP contribution is 2.32. The molecule has 0 aliphatic heterocycles. The van der Waals surface area contributed by atoms with E-state index in [0.29, 0.717) is 0 Å². The van der Waals surface area contributed by atoms with E-state index in [4.69, 9.17) is 0 Å². The fourth-order valence-electron chi connectivity index (χ4n) is 2.85. The second-order valence-corrected chi connectivity index (χ2v) is 4.91. The normalized spacial score (nSPS) is 33.6. The van der Waals surface area contributed by atoms with E-state index in [0.717, 1.165) is 24.7 Å². The molecule has 2 unspecified atom stereocenters. The van der Waals surface area contributed by atoms with E-state index in [1.807, 2.05) is 0 Å². The maximum atomic E-state index is 3.66. The summed E-state index contributed by atoms with van der Waals surface area (Å²) in [4.78, 5) is 2.65. The third-order valence-electron chi connectivity index (χ3n) is 3.84. The molecule has 0 aromatic rings.